The van der Waals surface area contributed by atoms with Crippen molar-refractivity contribution in [3.63, 3.8) is 0 Å². The SMILES string of the molecule is CCCN(CCC)C(=O)c1cccc(C(=O)Nc2cc(C)cc(C)c2)n1. The highest BCUT2D eigenvalue weighted by atomic mass is 16.2. The zero-order valence-electron chi connectivity index (χ0n) is 16.0. The number of hydrogen-bond donors (Lipinski definition) is 1. The van der Waals surface area contributed by atoms with Crippen LogP contribution in [0.4, 0.5) is 5.69 Å². The van der Waals surface area contributed by atoms with E-state index in [9.17, 15) is 9.59 Å². The molecular weight excluding hydrogens is 326 g/mol. The Bertz CT molecular complexity index is 760. The Balaban J connectivity index is 2.19. The lowest BCUT2D eigenvalue weighted by atomic mass is 10.1. The second-order valence-electron chi connectivity index (χ2n) is 6.53. The lowest BCUT2D eigenvalue weighted by Crippen LogP contribution is -2.33. The smallest absolute Gasteiger partial charge is 0.274 e. The number of nitrogens with one attached hydrogen (secondary N) is 1. The topological polar surface area (TPSA) is 62.3 Å². The van der Waals surface area contributed by atoms with E-state index in [1.54, 1.807) is 23.1 Å². The molecule has 0 spiro atoms. The largest absolute Gasteiger partial charge is 0.337 e. The molecule has 0 saturated carbocycles. The van der Waals surface area contributed by atoms with Crippen LogP contribution in [0.2, 0.25) is 0 Å². The monoisotopic (exact) mass is 353 g/mol. The molecule has 0 bridgehead atoms. The first-order valence-corrected chi connectivity index (χ1v) is 9.10. The van der Waals surface area contributed by atoms with E-state index >= 15 is 0 Å². The number of pyridine rings is 1. The highest BCUT2D eigenvalue weighted by molar-refractivity contribution is 6.04. The van der Waals surface area contributed by atoms with Crippen LogP contribution in [0.5, 0.6) is 0 Å². The van der Waals surface area contributed by atoms with E-state index in [1.807, 2.05) is 45.9 Å². The summed E-state index contributed by atoms with van der Waals surface area (Å²) in [7, 11) is 0. The summed E-state index contributed by atoms with van der Waals surface area (Å²) in [5.41, 5.74) is 3.42. The Hall–Kier alpha value is -2.69. The molecule has 5 heteroatoms. The number of hydrogen-bond acceptors (Lipinski definition) is 3. The Kier molecular flexibility index (Phi) is 6.89. The van der Waals surface area contributed by atoms with E-state index in [0.29, 0.717) is 18.8 Å². The fourth-order valence-electron chi connectivity index (χ4n) is 2.94. The minimum absolute atomic E-state index is 0.130. The lowest BCUT2D eigenvalue weighted by Gasteiger charge is -2.21. The van der Waals surface area contributed by atoms with E-state index in [0.717, 1.165) is 29.7 Å². The molecule has 0 aliphatic carbocycles. The molecule has 1 aromatic carbocycles. The van der Waals surface area contributed by atoms with Crippen LogP contribution in [-0.2, 0) is 0 Å². The predicted molar refractivity (Wildman–Crippen MR) is 105 cm³/mol. The van der Waals surface area contributed by atoms with Gasteiger partial charge in [0, 0.05) is 18.8 Å². The van der Waals surface area contributed by atoms with Crippen LogP contribution < -0.4 is 5.32 Å². The Morgan fingerprint density at radius 1 is 0.962 bits per heavy atom. The fraction of sp³-hybridized carbons (Fsp3) is 0.381. The number of aryl methyl sites for hydroxylation is 2. The molecule has 0 fully saturated rings. The lowest BCUT2D eigenvalue weighted by molar-refractivity contribution is 0.0749. The van der Waals surface area contributed by atoms with Gasteiger partial charge in [0.15, 0.2) is 0 Å². The molecule has 5 nitrogen and oxygen atoms in total. The van der Waals surface area contributed by atoms with Gasteiger partial charge in [0.2, 0.25) is 0 Å². The number of rotatable bonds is 7. The minimum Gasteiger partial charge on any atom is -0.337 e. The summed E-state index contributed by atoms with van der Waals surface area (Å²) in [5.74, 6) is -0.447. The molecular formula is C21H27N3O2. The molecule has 0 radical (unpaired) electrons. The number of nitrogens with zero attached hydrogens (tertiary/aromatic N) is 2. The number of carbonyl (C=O) groups is 2. The summed E-state index contributed by atoms with van der Waals surface area (Å²) in [5, 5.41) is 2.86. The summed E-state index contributed by atoms with van der Waals surface area (Å²) in [6, 6.07) is 10.8. The van der Waals surface area contributed by atoms with Crippen LogP contribution in [0.15, 0.2) is 36.4 Å². The summed E-state index contributed by atoms with van der Waals surface area (Å²) in [4.78, 5) is 31.3. The third kappa shape index (κ3) is 5.15. The molecule has 0 atom stereocenters. The van der Waals surface area contributed by atoms with Gasteiger partial charge in [-0.1, -0.05) is 26.0 Å². The van der Waals surface area contributed by atoms with Gasteiger partial charge in [0.25, 0.3) is 11.8 Å². The third-order valence-electron chi connectivity index (χ3n) is 3.95. The van der Waals surface area contributed by atoms with Crippen LogP contribution in [0, 0.1) is 13.8 Å². The second kappa shape index (κ2) is 9.13. The van der Waals surface area contributed by atoms with Crippen molar-refractivity contribution in [3.8, 4) is 0 Å². The van der Waals surface area contributed by atoms with Crippen LogP contribution in [0.3, 0.4) is 0 Å². The molecule has 2 aromatic rings. The summed E-state index contributed by atoms with van der Waals surface area (Å²) in [6.45, 7) is 9.42. The molecule has 1 heterocycles. The molecule has 2 amide bonds. The van der Waals surface area contributed by atoms with Gasteiger partial charge in [-0.15, -0.1) is 0 Å². The van der Waals surface area contributed by atoms with Crippen molar-refractivity contribution in [1.29, 1.82) is 0 Å². The van der Waals surface area contributed by atoms with Crippen molar-refractivity contribution >= 4 is 17.5 Å². The highest BCUT2D eigenvalue weighted by Crippen LogP contribution is 2.15. The van der Waals surface area contributed by atoms with Crippen LogP contribution >= 0.6 is 0 Å². The van der Waals surface area contributed by atoms with Gasteiger partial charge < -0.3 is 10.2 Å². The predicted octanol–water partition coefficient (Wildman–Crippen LogP) is 4.21. The van der Waals surface area contributed by atoms with Gasteiger partial charge >= 0.3 is 0 Å². The van der Waals surface area contributed by atoms with Crippen molar-refractivity contribution in [2.75, 3.05) is 18.4 Å². The molecule has 2 rings (SSSR count). The highest BCUT2D eigenvalue weighted by Gasteiger charge is 2.17. The Morgan fingerprint density at radius 2 is 1.54 bits per heavy atom. The van der Waals surface area contributed by atoms with Crippen molar-refractivity contribution in [2.45, 2.75) is 40.5 Å². The molecule has 1 aromatic heterocycles. The van der Waals surface area contributed by atoms with Gasteiger partial charge in [0.1, 0.15) is 11.4 Å². The van der Waals surface area contributed by atoms with Gasteiger partial charge in [-0.3, -0.25) is 9.59 Å². The maximum atomic E-state index is 12.7. The van der Waals surface area contributed by atoms with Crippen LogP contribution in [-0.4, -0.2) is 34.8 Å². The normalized spacial score (nSPS) is 10.5. The molecule has 0 saturated heterocycles. The van der Waals surface area contributed by atoms with E-state index in [2.05, 4.69) is 10.3 Å². The van der Waals surface area contributed by atoms with E-state index in [-0.39, 0.29) is 17.5 Å². The van der Waals surface area contributed by atoms with Gasteiger partial charge in [0.05, 0.1) is 0 Å². The van der Waals surface area contributed by atoms with Gasteiger partial charge in [-0.2, -0.15) is 0 Å². The first-order chi connectivity index (χ1) is 12.4. The number of amides is 2. The average molecular weight is 353 g/mol. The van der Waals surface area contributed by atoms with Crippen LogP contribution in [0.25, 0.3) is 0 Å². The summed E-state index contributed by atoms with van der Waals surface area (Å²) < 4.78 is 0. The summed E-state index contributed by atoms with van der Waals surface area (Å²) in [6.07, 6.45) is 1.78. The summed E-state index contributed by atoms with van der Waals surface area (Å²) >= 11 is 0. The van der Waals surface area contributed by atoms with Crippen molar-refractivity contribution in [1.82, 2.24) is 9.88 Å². The Labute approximate surface area is 155 Å². The van der Waals surface area contributed by atoms with Crippen molar-refractivity contribution < 1.29 is 9.59 Å². The minimum atomic E-state index is -0.317. The van der Waals surface area contributed by atoms with Crippen LogP contribution in [0.1, 0.15) is 58.8 Å². The fourth-order valence-corrected chi connectivity index (χ4v) is 2.94. The zero-order chi connectivity index (χ0) is 19.1. The molecule has 0 aliphatic rings. The number of carbonyl (C=O) groups excluding carboxylic acids is 2. The first-order valence-electron chi connectivity index (χ1n) is 9.10. The molecule has 1 N–H and O–H groups in total. The quantitative estimate of drug-likeness (QED) is 0.811. The van der Waals surface area contributed by atoms with E-state index < -0.39 is 0 Å². The molecule has 138 valence electrons. The number of benzene rings is 1. The van der Waals surface area contributed by atoms with Gasteiger partial charge in [-0.25, -0.2) is 4.98 Å². The van der Waals surface area contributed by atoms with Crippen molar-refractivity contribution in [3.05, 3.63) is 58.9 Å². The van der Waals surface area contributed by atoms with Crippen molar-refractivity contribution in [2.24, 2.45) is 0 Å². The third-order valence-corrected chi connectivity index (χ3v) is 3.95. The van der Waals surface area contributed by atoms with Gasteiger partial charge in [-0.05, 0) is 62.1 Å². The zero-order valence-corrected chi connectivity index (χ0v) is 16.0. The van der Waals surface area contributed by atoms with E-state index in [1.165, 1.54) is 0 Å². The standard InChI is InChI=1S/C21H27N3O2/c1-5-10-24(11-6-2)21(26)19-9-7-8-18(23-19)20(25)22-17-13-15(3)12-16(4)14-17/h7-9,12-14H,5-6,10-11H2,1-4H3,(H,22,25). The molecule has 26 heavy (non-hydrogen) atoms. The number of aromatic nitrogens is 1. The average Bonchev–Trinajstić information content (AvgIpc) is 2.60. The molecule has 0 aliphatic heterocycles. The first kappa shape index (κ1) is 19.6. The maximum Gasteiger partial charge on any atom is 0.274 e. The molecule has 0 unspecified atom stereocenters. The number of anilines is 1. The maximum absolute atomic E-state index is 12.7. The second-order valence-corrected chi connectivity index (χ2v) is 6.53. The van der Waals surface area contributed by atoms with E-state index in [4.69, 9.17) is 0 Å². The Morgan fingerprint density at radius 3 is 2.12 bits per heavy atom.